The SMILES string of the molecule is CCOC(=O)c1cc(C(C)=O)c(C(=O)O)cc1OCc1ccccc1. The molecule has 6 nitrogen and oxygen atoms in total. The van der Waals surface area contributed by atoms with Crippen LogP contribution in [-0.2, 0) is 11.3 Å². The molecular formula is C19H18O6. The first kappa shape index (κ1) is 18.2. The van der Waals surface area contributed by atoms with Crippen molar-refractivity contribution in [2.45, 2.75) is 20.5 Å². The minimum Gasteiger partial charge on any atom is -0.488 e. The van der Waals surface area contributed by atoms with E-state index in [4.69, 9.17) is 9.47 Å². The van der Waals surface area contributed by atoms with Crippen LogP contribution in [0.5, 0.6) is 5.75 Å². The molecule has 130 valence electrons. The molecule has 0 saturated carbocycles. The molecule has 0 radical (unpaired) electrons. The number of ether oxygens (including phenoxy) is 2. The summed E-state index contributed by atoms with van der Waals surface area (Å²) >= 11 is 0. The molecule has 0 aromatic heterocycles. The zero-order valence-corrected chi connectivity index (χ0v) is 13.9. The van der Waals surface area contributed by atoms with Gasteiger partial charge in [-0.3, -0.25) is 4.79 Å². The number of aromatic carboxylic acids is 1. The van der Waals surface area contributed by atoms with Gasteiger partial charge in [-0.2, -0.15) is 0 Å². The van der Waals surface area contributed by atoms with Crippen molar-refractivity contribution in [2.24, 2.45) is 0 Å². The number of benzene rings is 2. The Morgan fingerprint density at radius 3 is 2.24 bits per heavy atom. The Balaban J connectivity index is 2.46. The fourth-order valence-corrected chi connectivity index (χ4v) is 2.27. The molecule has 2 rings (SSSR count). The zero-order valence-electron chi connectivity index (χ0n) is 13.9. The Morgan fingerprint density at radius 1 is 1.00 bits per heavy atom. The van der Waals surface area contributed by atoms with Crippen molar-refractivity contribution in [2.75, 3.05) is 6.61 Å². The number of ketones is 1. The minimum atomic E-state index is -1.27. The fraction of sp³-hybridized carbons (Fsp3) is 0.211. The number of rotatable bonds is 7. The van der Waals surface area contributed by atoms with Gasteiger partial charge in [0.1, 0.15) is 17.9 Å². The van der Waals surface area contributed by atoms with Crippen LogP contribution in [0.25, 0.3) is 0 Å². The van der Waals surface area contributed by atoms with E-state index in [1.165, 1.54) is 19.1 Å². The van der Waals surface area contributed by atoms with Crippen molar-refractivity contribution in [1.82, 2.24) is 0 Å². The molecule has 0 aliphatic heterocycles. The Kier molecular flexibility index (Phi) is 5.89. The standard InChI is InChI=1S/C19H18O6/c1-3-24-19(23)16-9-14(12(2)20)15(18(21)22)10-17(16)25-11-13-7-5-4-6-8-13/h4-10H,3,11H2,1-2H3,(H,21,22). The number of Topliss-reactive ketones (excluding diaryl/α,β-unsaturated/α-hetero) is 1. The van der Waals surface area contributed by atoms with Crippen molar-refractivity contribution in [3.63, 3.8) is 0 Å². The Labute approximate surface area is 145 Å². The maximum atomic E-state index is 12.2. The largest absolute Gasteiger partial charge is 0.488 e. The van der Waals surface area contributed by atoms with E-state index in [0.29, 0.717) is 0 Å². The highest BCUT2D eigenvalue weighted by atomic mass is 16.5. The van der Waals surface area contributed by atoms with Gasteiger partial charge in [-0.1, -0.05) is 30.3 Å². The van der Waals surface area contributed by atoms with Crippen LogP contribution >= 0.6 is 0 Å². The predicted molar refractivity (Wildman–Crippen MR) is 90.1 cm³/mol. The van der Waals surface area contributed by atoms with Crippen LogP contribution in [0.1, 0.15) is 50.5 Å². The lowest BCUT2D eigenvalue weighted by atomic mass is 10.00. The topological polar surface area (TPSA) is 89.9 Å². The highest BCUT2D eigenvalue weighted by molar-refractivity contribution is 6.07. The highest BCUT2D eigenvalue weighted by Crippen LogP contribution is 2.26. The second kappa shape index (κ2) is 8.10. The molecule has 2 aromatic carbocycles. The zero-order chi connectivity index (χ0) is 18.4. The molecule has 0 fully saturated rings. The smallest absolute Gasteiger partial charge is 0.341 e. The molecule has 0 saturated heterocycles. The molecule has 0 aliphatic carbocycles. The maximum Gasteiger partial charge on any atom is 0.341 e. The molecule has 0 heterocycles. The summed E-state index contributed by atoms with van der Waals surface area (Å²) < 4.78 is 10.6. The van der Waals surface area contributed by atoms with Crippen LogP contribution in [0.3, 0.4) is 0 Å². The highest BCUT2D eigenvalue weighted by Gasteiger charge is 2.23. The number of carbonyl (C=O) groups excluding carboxylic acids is 2. The van der Waals surface area contributed by atoms with E-state index in [2.05, 4.69) is 0 Å². The first-order chi connectivity index (χ1) is 11.9. The van der Waals surface area contributed by atoms with Crippen LogP contribution in [-0.4, -0.2) is 29.4 Å². The molecule has 0 bridgehead atoms. The van der Waals surface area contributed by atoms with Crippen LogP contribution in [0.15, 0.2) is 42.5 Å². The molecule has 6 heteroatoms. The van der Waals surface area contributed by atoms with Gasteiger partial charge in [-0.25, -0.2) is 9.59 Å². The Morgan fingerprint density at radius 2 is 1.68 bits per heavy atom. The predicted octanol–water partition coefficient (Wildman–Crippen LogP) is 3.34. The van der Waals surface area contributed by atoms with Crippen LogP contribution in [0.2, 0.25) is 0 Å². The molecule has 0 atom stereocenters. The third-order valence-electron chi connectivity index (χ3n) is 3.46. The van der Waals surface area contributed by atoms with E-state index in [1.807, 2.05) is 30.3 Å². The lowest BCUT2D eigenvalue weighted by Gasteiger charge is -2.14. The quantitative estimate of drug-likeness (QED) is 0.613. The molecule has 0 amide bonds. The van der Waals surface area contributed by atoms with Gasteiger partial charge in [0.05, 0.1) is 12.2 Å². The maximum absolute atomic E-state index is 12.2. The molecule has 0 spiro atoms. The number of carboxylic acid groups (broad SMARTS) is 1. The van der Waals surface area contributed by atoms with E-state index in [1.54, 1.807) is 6.92 Å². The van der Waals surface area contributed by atoms with E-state index in [0.717, 1.165) is 5.56 Å². The van der Waals surface area contributed by atoms with Gasteiger partial charge in [0.2, 0.25) is 0 Å². The number of carboxylic acids is 1. The number of hydrogen-bond acceptors (Lipinski definition) is 5. The molecule has 0 aliphatic rings. The summed E-state index contributed by atoms with van der Waals surface area (Å²) in [4.78, 5) is 35.3. The molecule has 1 N–H and O–H groups in total. The molecule has 0 unspecified atom stereocenters. The summed E-state index contributed by atoms with van der Waals surface area (Å²) in [6, 6.07) is 11.6. The lowest BCUT2D eigenvalue weighted by Crippen LogP contribution is -2.13. The van der Waals surface area contributed by atoms with Crippen molar-refractivity contribution in [1.29, 1.82) is 0 Å². The second-order valence-corrected chi connectivity index (χ2v) is 5.25. The van der Waals surface area contributed by atoms with Gasteiger partial charge in [-0.05, 0) is 31.5 Å². The first-order valence-corrected chi connectivity index (χ1v) is 7.70. The monoisotopic (exact) mass is 342 g/mol. The summed E-state index contributed by atoms with van der Waals surface area (Å²) in [5.41, 5.74) is 0.587. The third-order valence-corrected chi connectivity index (χ3v) is 3.46. The van der Waals surface area contributed by atoms with Crippen LogP contribution in [0.4, 0.5) is 0 Å². The number of carbonyl (C=O) groups is 3. The normalized spacial score (nSPS) is 10.2. The van der Waals surface area contributed by atoms with Gasteiger partial charge < -0.3 is 14.6 Å². The summed E-state index contributed by atoms with van der Waals surface area (Å²) in [6.45, 7) is 3.18. The number of hydrogen-bond donors (Lipinski definition) is 1. The van der Waals surface area contributed by atoms with E-state index in [-0.39, 0.29) is 35.7 Å². The Hall–Kier alpha value is -3.15. The Bertz CT molecular complexity index is 795. The fourth-order valence-electron chi connectivity index (χ4n) is 2.27. The van der Waals surface area contributed by atoms with Gasteiger partial charge in [0.15, 0.2) is 5.78 Å². The van der Waals surface area contributed by atoms with E-state index >= 15 is 0 Å². The minimum absolute atomic E-state index is 0.0213. The van der Waals surface area contributed by atoms with Gasteiger partial charge in [0, 0.05) is 5.56 Å². The third kappa shape index (κ3) is 4.44. The van der Waals surface area contributed by atoms with Crippen molar-refractivity contribution in [3.05, 3.63) is 64.7 Å². The number of esters is 1. The molecule has 2 aromatic rings. The van der Waals surface area contributed by atoms with Gasteiger partial charge in [0.25, 0.3) is 0 Å². The van der Waals surface area contributed by atoms with Crippen molar-refractivity contribution >= 4 is 17.7 Å². The van der Waals surface area contributed by atoms with E-state index < -0.39 is 17.7 Å². The van der Waals surface area contributed by atoms with Crippen LogP contribution < -0.4 is 4.74 Å². The summed E-state index contributed by atoms with van der Waals surface area (Å²) in [7, 11) is 0. The average Bonchev–Trinajstić information content (AvgIpc) is 2.60. The van der Waals surface area contributed by atoms with Crippen LogP contribution in [0, 0.1) is 0 Å². The van der Waals surface area contributed by atoms with E-state index in [9.17, 15) is 19.5 Å². The summed E-state index contributed by atoms with van der Waals surface area (Å²) in [6.07, 6.45) is 0. The first-order valence-electron chi connectivity index (χ1n) is 7.70. The van der Waals surface area contributed by atoms with Gasteiger partial charge in [-0.15, -0.1) is 0 Å². The average molecular weight is 342 g/mol. The summed E-state index contributed by atoms with van der Waals surface area (Å²) in [5, 5.41) is 9.33. The van der Waals surface area contributed by atoms with Crippen molar-refractivity contribution in [3.8, 4) is 5.75 Å². The van der Waals surface area contributed by atoms with Gasteiger partial charge >= 0.3 is 11.9 Å². The van der Waals surface area contributed by atoms with Crippen molar-refractivity contribution < 1.29 is 29.0 Å². The lowest BCUT2D eigenvalue weighted by molar-refractivity contribution is 0.0519. The second-order valence-electron chi connectivity index (χ2n) is 5.25. The molecular weight excluding hydrogens is 324 g/mol. The molecule has 25 heavy (non-hydrogen) atoms. The summed E-state index contributed by atoms with van der Waals surface area (Å²) in [5.74, 6) is -2.35.